The van der Waals surface area contributed by atoms with Crippen molar-refractivity contribution in [2.75, 3.05) is 11.9 Å². The maximum Gasteiger partial charge on any atom is 0.251 e. The van der Waals surface area contributed by atoms with Gasteiger partial charge in [-0.3, -0.25) is 9.59 Å². The molecule has 0 aliphatic carbocycles. The van der Waals surface area contributed by atoms with Crippen LogP contribution in [0, 0.1) is 5.82 Å². The average molecular weight is 383 g/mol. The van der Waals surface area contributed by atoms with Crippen LogP contribution in [0.3, 0.4) is 0 Å². The van der Waals surface area contributed by atoms with Crippen molar-refractivity contribution < 1.29 is 14.0 Å². The summed E-state index contributed by atoms with van der Waals surface area (Å²) < 4.78 is 13.1. The third-order valence-corrected chi connectivity index (χ3v) is 4.66. The van der Waals surface area contributed by atoms with Gasteiger partial charge in [0.1, 0.15) is 5.82 Å². The summed E-state index contributed by atoms with van der Waals surface area (Å²) in [5.74, 6) is -1.42. The highest BCUT2D eigenvalue weighted by molar-refractivity contribution is 7.14. The van der Waals surface area contributed by atoms with Crippen LogP contribution < -0.4 is 10.6 Å². The Morgan fingerprint density at radius 2 is 1.93 bits per heavy atom. The van der Waals surface area contributed by atoms with E-state index in [0.717, 1.165) is 23.7 Å². The molecule has 0 saturated heterocycles. The summed E-state index contributed by atoms with van der Waals surface area (Å²) in [6.45, 7) is 1.87. The summed E-state index contributed by atoms with van der Waals surface area (Å²) in [5, 5.41) is 7.43. The lowest BCUT2D eigenvalue weighted by Crippen LogP contribution is -2.32. The highest BCUT2D eigenvalue weighted by Gasteiger charge is 2.11. The monoisotopic (exact) mass is 383 g/mol. The highest BCUT2D eigenvalue weighted by atomic mass is 32.1. The first-order chi connectivity index (χ1) is 13.0. The number of thiazole rings is 1. The topological polar surface area (TPSA) is 71.1 Å². The molecule has 27 heavy (non-hydrogen) atoms. The standard InChI is InChI=1S/C20H18FN3O2S/c1-2-13-6-8-14(9-7-13)17-12-27-20(23-17)24-18(25)11-22-19(26)15-4-3-5-16(21)10-15/h3-10,12H,2,11H2,1H3,(H,22,26)(H,23,24,25). The molecule has 2 amide bonds. The number of benzene rings is 2. The van der Waals surface area contributed by atoms with Gasteiger partial charge in [0.15, 0.2) is 5.13 Å². The van der Waals surface area contributed by atoms with Gasteiger partial charge in [0.25, 0.3) is 5.91 Å². The predicted molar refractivity (Wildman–Crippen MR) is 104 cm³/mol. The van der Waals surface area contributed by atoms with Gasteiger partial charge in [0.2, 0.25) is 5.91 Å². The van der Waals surface area contributed by atoms with Crippen molar-refractivity contribution >= 4 is 28.3 Å². The lowest BCUT2D eigenvalue weighted by molar-refractivity contribution is -0.115. The van der Waals surface area contributed by atoms with Crippen molar-refractivity contribution in [3.8, 4) is 11.3 Å². The van der Waals surface area contributed by atoms with Crippen molar-refractivity contribution in [2.45, 2.75) is 13.3 Å². The molecule has 5 nitrogen and oxygen atoms in total. The fourth-order valence-electron chi connectivity index (χ4n) is 2.43. The first-order valence-electron chi connectivity index (χ1n) is 8.43. The Balaban J connectivity index is 1.55. The van der Waals surface area contributed by atoms with Gasteiger partial charge >= 0.3 is 0 Å². The first kappa shape index (κ1) is 18.7. The summed E-state index contributed by atoms with van der Waals surface area (Å²) in [6.07, 6.45) is 0.972. The Kier molecular flexibility index (Phi) is 5.93. The van der Waals surface area contributed by atoms with E-state index in [2.05, 4.69) is 34.7 Å². The minimum atomic E-state index is -0.513. The fraction of sp³-hybridized carbons (Fsp3) is 0.150. The Morgan fingerprint density at radius 3 is 2.63 bits per heavy atom. The zero-order valence-corrected chi connectivity index (χ0v) is 15.5. The van der Waals surface area contributed by atoms with Crippen LogP contribution in [-0.2, 0) is 11.2 Å². The predicted octanol–water partition coefficient (Wildman–Crippen LogP) is 3.88. The van der Waals surface area contributed by atoms with E-state index in [1.54, 1.807) is 0 Å². The van der Waals surface area contributed by atoms with Gasteiger partial charge in [-0.05, 0) is 30.2 Å². The largest absolute Gasteiger partial charge is 0.343 e. The van der Waals surface area contributed by atoms with Crippen molar-refractivity contribution in [2.24, 2.45) is 0 Å². The van der Waals surface area contributed by atoms with Gasteiger partial charge < -0.3 is 10.6 Å². The summed E-state index contributed by atoms with van der Waals surface area (Å²) in [7, 11) is 0. The molecule has 138 valence electrons. The number of hydrogen-bond acceptors (Lipinski definition) is 4. The Bertz CT molecular complexity index is 954. The van der Waals surface area contributed by atoms with E-state index in [-0.39, 0.29) is 12.1 Å². The van der Waals surface area contributed by atoms with Gasteiger partial charge in [0.05, 0.1) is 12.2 Å². The van der Waals surface area contributed by atoms with Gasteiger partial charge in [0, 0.05) is 16.5 Å². The van der Waals surface area contributed by atoms with Crippen molar-refractivity contribution in [3.05, 3.63) is 70.9 Å². The molecule has 3 aromatic rings. The Hall–Kier alpha value is -3.06. The number of aromatic nitrogens is 1. The number of hydrogen-bond donors (Lipinski definition) is 2. The maximum atomic E-state index is 13.1. The van der Waals surface area contributed by atoms with Crippen LogP contribution in [0.1, 0.15) is 22.8 Å². The second-order valence-electron chi connectivity index (χ2n) is 5.83. The van der Waals surface area contributed by atoms with E-state index >= 15 is 0 Å². The molecule has 0 atom stereocenters. The molecule has 0 aliphatic rings. The number of halogens is 1. The zero-order valence-electron chi connectivity index (χ0n) is 14.7. The molecule has 2 N–H and O–H groups in total. The molecule has 0 spiro atoms. The van der Waals surface area contributed by atoms with Crippen LogP contribution >= 0.6 is 11.3 Å². The second kappa shape index (κ2) is 8.55. The SMILES string of the molecule is CCc1ccc(-c2csc(NC(=O)CNC(=O)c3cccc(F)c3)n2)cc1. The first-order valence-corrected chi connectivity index (χ1v) is 9.31. The van der Waals surface area contributed by atoms with Gasteiger partial charge in [-0.25, -0.2) is 9.37 Å². The second-order valence-corrected chi connectivity index (χ2v) is 6.69. The normalized spacial score (nSPS) is 10.4. The molecule has 0 bridgehead atoms. The third kappa shape index (κ3) is 4.98. The summed E-state index contributed by atoms with van der Waals surface area (Å²) in [6, 6.07) is 13.4. The number of nitrogens with one attached hydrogen (secondary N) is 2. The number of aryl methyl sites for hydroxylation is 1. The van der Waals surface area contributed by atoms with Crippen LogP contribution in [0.15, 0.2) is 53.9 Å². The summed E-state index contributed by atoms with van der Waals surface area (Å²) in [4.78, 5) is 28.3. The van der Waals surface area contributed by atoms with E-state index in [0.29, 0.717) is 5.13 Å². The average Bonchev–Trinajstić information content (AvgIpc) is 3.14. The molecule has 3 rings (SSSR count). The molecule has 0 saturated carbocycles. The minimum Gasteiger partial charge on any atom is -0.343 e. The smallest absolute Gasteiger partial charge is 0.251 e. The number of rotatable bonds is 6. The number of nitrogens with zero attached hydrogens (tertiary/aromatic N) is 1. The highest BCUT2D eigenvalue weighted by Crippen LogP contribution is 2.25. The van der Waals surface area contributed by atoms with Gasteiger partial charge in [-0.15, -0.1) is 11.3 Å². The van der Waals surface area contributed by atoms with E-state index in [1.165, 1.54) is 35.1 Å². The third-order valence-electron chi connectivity index (χ3n) is 3.90. The molecule has 7 heteroatoms. The van der Waals surface area contributed by atoms with Crippen LogP contribution in [0.2, 0.25) is 0 Å². The van der Waals surface area contributed by atoms with Crippen molar-refractivity contribution in [1.82, 2.24) is 10.3 Å². The number of anilines is 1. The lowest BCUT2D eigenvalue weighted by atomic mass is 10.1. The van der Waals surface area contributed by atoms with Gasteiger partial charge in [-0.1, -0.05) is 37.3 Å². The van der Waals surface area contributed by atoms with Crippen LogP contribution in [0.25, 0.3) is 11.3 Å². The lowest BCUT2D eigenvalue weighted by Gasteiger charge is -2.05. The summed E-state index contributed by atoms with van der Waals surface area (Å²) in [5.41, 5.74) is 3.16. The Morgan fingerprint density at radius 1 is 1.15 bits per heavy atom. The minimum absolute atomic E-state index is 0.162. The van der Waals surface area contributed by atoms with Crippen molar-refractivity contribution in [1.29, 1.82) is 0 Å². The Labute approximate surface area is 160 Å². The van der Waals surface area contributed by atoms with E-state index in [9.17, 15) is 14.0 Å². The van der Waals surface area contributed by atoms with Crippen LogP contribution in [0.5, 0.6) is 0 Å². The molecule has 0 fully saturated rings. The molecule has 1 heterocycles. The fourth-order valence-corrected chi connectivity index (χ4v) is 3.17. The quantitative estimate of drug-likeness (QED) is 0.679. The molecular weight excluding hydrogens is 365 g/mol. The molecule has 2 aromatic carbocycles. The molecular formula is C20H18FN3O2S. The van der Waals surface area contributed by atoms with E-state index in [1.807, 2.05) is 17.5 Å². The van der Waals surface area contributed by atoms with Crippen molar-refractivity contribution in [3.63, 3.8) is 0 Å². The van der Waals surface area contributed by atoms with E-state index < -0.39 is 17.6 Å². The zero-order chi connectivity index (χ0) is 19.2. The van der Waals surface area contributed by atoms with E-state index in [4.69, 9.17) is 0 Å². The molecule has 0 radical (unpaired) electrons. The van der Waals surface area contributed by atoms with Crippen LogP contribution in [-0.4, -0.2) is 23.3 Å². The molecule has 0 unspecified atom stereocenters. The maximum absolute atomic E-state index is 13.1. The molecule has 0 aliphatic heterocycles. The number of carbonyl (C=O) groups is 2. The van der Waals surface area contributed by atoms with Gasteiger partial charge in [-0.2, -0.15) is 0 Å². The number of carbonyl (C=O) groups excluding carboxylic acids is 2. The van der Waals surface area contributed by atoms with Crippen LogP contribution in [0.4, 0.5) is 9.52 Å². The number of amides is 2. The molecule has 1 aromatic heterocycles. The summed E-state index contributed by atoms with van der Waals surface area (Å²) >= 11 is 1.31.